The third kappa shape index (κ3) is 10.5. The van der Waals surface area contributed by atoms with Crippen LogP contribution in [0.4, 0.5) is 31.1 Å². The molecule has 3 amide bonds. The largest absolute Gasteiger partial charge is 0.444 e. The topological polar surface area (TPSA) is 126 Å². The van der Waals surface area contributed by atoms with Gasteiger partial charge in [0.15, 0.2) is 0 Å². The van der Waals surface area contributed by atoms with Crippen LogP contribution in [0.25, 0.3) is 0 Å². The molecule has 0 spiro atoms. The van der Waals surface area contributed by atoms with E-state index in [1.807, 2.05) is 4.90 Å². The molecule has 0 aromatic carbocycles. The third-order valence-electron chi connectivity index (χ3n) is 15.4. The van der Waals surface area contributed by atoms with E-state index in [0.29, 0.717) is 85.7 Å². The first kappa shape index (κ1) is 47.5. The van der Waals surface area contributed by atoms with Crippen molar-refractivity contribution in [3.63, 3.8) is 0 Å². The Morgan fingerprint density at radius 3 is 1.57 bits per heavy atom. The summed E-state index contributed by atoms with van der Waals surface area (Å²) < 4.78 is 89.9. The van der Waals surface area contributed by atoms with Gasteiger partial charge in [-0.3, -0.25) is 19.6 Å². The minimum atomic E-state index is -4.46. The lowest BCUT2D eigenvalue weighted by Crippen LogP contribution is -2.51. The highest BCUT2D eigenvalue weighted by Crippen LogP contribution is 2.55. The number of rotatable bonds is 7. The second kappa shape index (κ2) is 18.6. The minimum Gasteiger partial charge on any atom is -0.444 e. The number of fused-ring (bicyclic) bond motifs is 2. The van der Waals surface area contributed by atoms with Crippen molar-refractivity contribution in [2.45, 2.75) is 173 Å². The van der Waals surface area contributed by atoms with Crippen molar-refractivity contribution in [3.05, 3.63) is 58.2 Å². The molecule has 11 nitrogen and oxygen atoms in total. The molecule has 1 saturated heterocycles. The summed E-state index contributed by atoms with van der Waals surface area (Å²) in [6, 6.07) is 2.94. The summed E-state index contributed by atoms with van der Waals surface area (Å²) in [5.74, 6) is 0.805. The Hall–Kier alpha value is -3.99. The second-order valence-electron chi connectivity index (χ2n) is 20.8. The van der Waals surface area contributed by atoms with Crippen molar-refractivity contribution in [3.8, 4) is 0 Å². The molecule has 2 N–H and O–H groups in total. The van der Waals surface area contributed by atoms with E-state index in [2.05, 4.69) is 20.6 Å². The quantitative estimate of drug-likeness (QED) is 0.264. The molecule has 0 unspecified atom stereocenters. The smallest absolute Gasteiger partial charge is 0.417 e. The number of amides is 3. The molecule has 0 bridgehead atoms. The maximum absolute atomic E-state index is 13.9. The van der Waals surface area contributed by atoms with E-state index in [1.54, 1.807) is 25.7 Å². The normalized spacial score (nSPS) is 27.7. The van der Waals surface area contributed by atoms with Gasteiger partial charge in [-0.2, -0.15) is 26.3 Å². The van der Waals surface area contributed by atoms with Crippen LogP contribution >= 0.6 is 0 Å². The van der Waals surface area contributed by atoms with Crippen molar-refractivity contribution in [1.82, 2.24) is 30.4 Å². The summed E-state index contributed by atoms with van der Waals surface area (Å²) in [6.45, 7) is 8.35. The van der Waals surface area contributed by atoms with Crippen LogP contribution in [0, 0.1) is 22.7 Å². The van der Waals surface area contributed by atoms with Gasteiger partial charge in [0.05, 0.1) is 22.0 Å². The number of aromatic nitrogens is 2. The van der Waals surface area contributed by atoms with E-state index < -0.39 is 40.6 Å². The number of nitrogens with zero attached hydrogens (tertiary/aromatic N) is 4. The molecular formula is C48H64F6N6O5. The Balaban J connectivity index is 0.000000177. The second-order valence-corrected chi connectivity index (χ2v) is 20.8. The van der Waals surface area contributed by atoms with E-state index in [0.717, 1.165) is 95.9 Å². The van der Waals surface area contributed by atoms with Crippen molar-refractivity contribution >= 4 is 17.9 Å². The molecule has 2 aromatic rings. The number of hydrogen-bond acceptors (Lipinski definition) is 8. The summed E-state index contributed by atoms with van der Waals surface area (Å²) in [6.07, 6.45) is 6.35. The lowest BCUT2D eigenvalue weighted by atomic mass is 9.63. The Morgan fingerprint density at radius 1 is 0.677 bits per heavy atom. The molecule has 2 aromatic heterocycles. The highest BCUT2D eigenvalue weighted by Gasteiger charge is 2.55. The van der Waals surface area contributed by atoms with Crippen LogP contribution < -0.4 is 10.6 Å². The first-order chi connectivity index (χ1) is 30.7. The third-order valence-corrected chi connectivity index (χ3v) is 15.4. The first-order valence-corrected chi connectivity index (χ1v) is 23.7. The summed E-state index contributed by atoms with van der Waals surface area (Å²) >= 11 is 0. The van der Waals surface area contributed by atoms with Crippen LogP contribution in [-0.4, -0.2) is 87.7 Å². The molecule has 4 aliphatic carbocycles. The SMILES string of the molecule is CC(C)(C)OC(=O)N[C@@H]1CC[C@@](C(=O)N2CCc3ncc(C(F)(F)F)cc3C2)(C2CCC2)C1.O=C(N1CCc2ncc(C(F)(F)F)cc2C1)[C@@]1(C2CCC2)CC[C@@H](NC2CCOCC2)C1. The van der Waals surface area contributed by atoms with Crippen LogP contribution in [0.3, 0.4) is 0 Å². The van der Waals surface area contributed by atoms with Crippen LogP contribution in [0.5, 0.6) is 0 Å². The van der Waals surface area contributed by atoms with Gasteiger partial charge in [-0.05, 0) is 133 Å². The number of carbonyl (C=O) groups excluding carboxylic acids is 3. The number of alkyl carbamates (subject to hydrolysis) is 1. The number of nitrogens with one attached hydrogen (secondary N) is 2. The van der Waals surface area contributed by atoms with E-state index in [1.165, 1.54) is 12.5 Å². The predicted octanol–water partition coefficient (Wildman–Crippen LogP) is 8.94. The summed E-state index contributed by atoms with van der Waals surface area (Å²) in [5.41, 5.74) is -0.752. The van der Waals surface area contributed by atoms with Gasteiger partial charge in [-0.1, -0.05) is 12.8 Å². The lowest BCUT2D eigenvalue weighted by Gasteiger charge is -2.45. The van der Waals surface area contributed by atoms with Gasteiger partial charge in [-0.25, -0.2) is 4.79 Å². The Labute approximate surface area is 377 Å². The number of carbonyl (C=O) groups is 3. The van der Waals surface area contributed by atoms with E-state index >= 15 is 0 Å². The fourth-order valence-corrected chi connectivity index (χ4v) is 11.6. The van der Waals surface area contributed by atoms with Gasteiger partial charge in [-0.15, -0.1) is 0 Å². The Bertz CT molecular complexity index is 2060. The fourth-order valence-electron chi connectivity index (χ4n) is 11.6. The standard InChI is InChI=1S/C24H32F3N3O3.C24H32F3N3O2/c1-22(2,3)33-21(32)29-18-7-9-23(12-18,16-5-4-6-16)20(31)30-10-8-19-15(14-30)11-17(13-28-19)24(25,26)27;25-24(26,27)18-12-16-15-30(9-5-21(16)28-14-18)22(31)23(17-2-1-3-17)8-4-20(13-23)29-19-6-10-32-11-7-19/h11,13,16,18H,4-10,12,14H2,1-3H3,(H,29,32);12,14,17,19-20,29H,1-11,13,15H2/t18-,23+;20-,23+/m11/s1. The molecule has 7 aliphatic rings. The van der Waals surface area contributed by atoms with E-state index in [9.17, 15) is 40.7 Å². The summed E-state index contributed by atoms with van der Waals surface area (Å²) in [7, 11) is 0. The zero-order valence-electron chi connectivity index (χ0n) is 37.9. The monoisotopic (exact) mass is 918 g/mol. The van der Waals surface area contributed by atoms with Gasteiger partial charge in [0.1, 0.15) is 5.60 Å². The number of hydrogen-bond donors (Lipinski definition) is 2. The number of alkyl halides is 6. The van der Waals surface area contributed by atoms with Crippen LogP contribution in [0.1, 0.15) is 144 Å². The first-order valence-electron chi connectivity index (χ1n) is 23.7. The van der Waals surface area contributed by atoms with Gasteiger partial charge in [0.2, 0.25) is 11.8 Å². The zero-order valence-corrected chi connectivity index (χ0v) is 37.9. The zero-order chi connectivity index (χ0) is 46.4. The average Bonchev–Trinajstić information content (AvgIpc) is 3.82. The molecule has 65 heavy (non-hydrogen) atoms. The number of halogens is 6. The molecule has 3 aliphatic heterocycles. The Kier molecular flexibility index (Phi) is 13.6. The van der Waals surface area contributed by atoms with Crippen molar-refractivity contribution in [1.29, 1.82) is 0 Å². The molecular weight excluding hydrogens is 855 g/mol. The summed E-state index contributed by atoms with van der Waals surface area (Å²) in [4.78, 5) is 51.6. The van der Waals surface area contributed by atoms with Gasteiger partial charge >= 0.3 is 18.4 Å². The van der Waals surface area contributed by atoms with Crippen molar-refractivity contribution in [2.75, 3.05) is 26.3 Å². The predicted molar refractivity (Wildman–Crippen MR) is 228 cm³/mol. The molecule has 358 valence electrons. The van der Waals surface area contributed by atoms with E-state index in [4.69, 9.17) is 9.47 Å². The van der Waals surface area contributed by atoms with Crippen LogP contribution in [0.15, 0.2) is 24.5 Å². The lowest BCUT2D eigenvalue weighted by molar-refractivity contribution is -0.149. The van der Waals surface area contributed by atoms with Crippen molar-refractivity contribution < 1.29 is 50.2 Å². The molecule has 17 heteroatoms. The summed E-state index contributed by atoms with van der Waals surface area (Å²) in [5, 5.41) is 6.71. The molecule has 4 atom stereocenters. The van der Waals surface area contributed by atoms with Gasteiger partial charge in [0, 0.05) is 94.1 Å². The maximum Gasteiger partial charge on any atom is 0.417 e. The number of ether oxygens (including phenoxy) is 2. The number of pyridine rings is 2. The van der Waals surface area contributed by atoms with Crippen molar-refractivity contribution in [2.24, 2.45) is 22.7 Å². The van der Waals surface area contributed by atoms with Crippen LogP contribution in [0.2, 0.25) is 0 Å². The minimum absolute atomic E-state index is 0.00347. The molecule has 9 rings (SSSR count). The van der Waals surface area contributed by atoms with Gasteiger partial charge in [0.25, 0.3) is 0 Å². The molecule has 5 heterocycles. The average molecular weight is 919 g/mol. The fraction of sp³-hybridized carbons (Fsp3) is 0.729. The molecule has 4 saturated carbocycles. The van der Waals surface area contributed by atoms with Crippen LogP contribution in [-0.2, 0) is 57.3 Å². The highest BCUT2D eigenvalue weighted by molar-refractivity contribution is 5.85. The van der Waals surface area contributed by atoms with Gasteiger partial charge < -0.3 is 29.9 Å². The highest BCUT2D eigenvalue weighted by atomic mass is 19.4. The maximum atomic E-state index is 13.9. The molecule has 5 fully saturated rings. The molecule has 0 radical (unpaired) electrons. The van der Waals surface area contributed by atoms with E-state index in [-0.39, 0.29) is 42.3 Å². The Morgan fingerprint density at radius 2 is 1.14 bits per heavy atom.